The van der Waals surface area contributed by atoms with Gasteiger partial charge in [-0.05, 0) is 51.4 Å². The summed E-state index contributed by atoms with van der Waals surface area (Å²) in [4.78, 5) is 0. The molecule has 0 heterocycles. The molecule has 0 radical (unpaired) electrons. The van der Waals surface area contributed by atoms with Gasteiger partial charge in [0, 0.05) is 5.33 Å². The third kappa shape index (κ3) is 3.69. The topological polar surface area (TPSA) is 0 Å². The Morgan fingerprint density at radius 1 is 0.765 bits per heavy atom. The van der Waals surface area contributed by atoms with E-state index in [0.29, 0.717) is 0 Å². The Bertz CT molecular complexity index is 202. The van der Waals surface area contributed by atoms with Crippen molar-refractivity contribution in [3.05, 3.63) is 0 Å². The molecule has 0 aliphatic heterocycles. The largest absolute Gasteiger partial charge is 0.139 e. The zero-order chi connectivity index (χ0) is 12.1. The maximum atomic E-state index is 4.35. The molecule has 0 saturated heterocycles. The van der Waals surface area contributed by atoms with E-state index >= 15 is 0 Å². The third-order valence-corrected chi connectivity index (χ3v) is 14.7. The first-order chi connectivity index (χ1) is 8.27. The lowest BCUT2D eigenvalue weighted by Crippen LogP contribution is -2.27. The van der Waals surface area contributed by atoms with Crippen LogP contribution in [0.1, 0.15) is 64.2 Å². The smallest absolute Gasteiger partial charge is 0.0888 e. The number of rotatable bonds is 4. The van der Waals surface area contributed by atoms with Crippen molar-refractivity contribution in [2.24, 2.45) is 0 Å². The van der Waals surface area contributed by atoms with Crippen LogP contribution < -0.4 is 0 Å². The van der Waals surface area contributed by atoms with Gasteiger partial charge < -0.3 is 0 Å². The maximum absolute atomic E-state index is 4.35. The highest BCUT2D eigenvalue weighted by molar-refractivity contribution is 9.42. The molecule has 2 aliphatic carbocycles. The summed E-state index contributed by atoms with van der Waals surface area (Å²) >= 11 is 8.07. The van der Waals surface area contributed by atoms with Crippen LogP contribution in [-0.2, 0) is 0 Å². The SMILES string of the molecule is BrCC[P+](Br)(C1CCCCC1)C1CCCCC1. The molecule has 0 aromatic carbocycles. The molecule has 0 spiro atoms. The van der Waals surface area contributed by atoms with Crippen LogP contribution >= 0.6 is 37.4 Å². The van der Waals surface area contributed by atoms with E-state index in [-0.39, 0.29) is 0 Å². The van der Waals surface area contributed by atoms with Crippen LogP contribution in [0.2, 0.25) is 0 Å². The first-order valence-corrected chi connectivity index (χ1v) is 12.7. The predicted octanol–water partition coefficient (Wildman–Crippen LogP) is 6.37. The second-order valence-electron chi connectivity index (χ2n) is 5.83. The summed E-state index contributed by atoms with van der Waals surface area (Å²) in [7, 11) is 0. The molecule has 2 saturated carbocycles. The van der Waals surface area contributed by atoms with E-state index in [1.165, 1.54) is 75.7 Å². The zero-order valence-electron chi connectivity index (χ0n) is 10.8. The lowest BCUT2D eigenvalue weighted by molar-refractivity contribution is 0.483. The molecule has 0 amide bonds. The highest BCUT2D eigenvalue weighted by Gasteiger charge is 2.50. The minimum Gasteiger partial charge on any atom is -0.0888 e. The number of hydrogen-bond donors (Lipinski definition) is 0. The summed E-state index contributed by atoms with van der Waals surface area (Å²) < 4.78 is 0. The van der Waals surface area contributed by atoms with Gasteiger partial charge in [0.25, 0.3) is 0 Å². The fraction of sp³-hybridized carbons (Fsp3) is 1.00. The van der Waals surface area contributed by atoms with Crippen molar-refractivity contribution in [1.29, 1.82) is 0 Å². The Kier molecular flexibility index (Phi) is 6.31. The highest BCUT2D eigenvalue weighted by Crippen LogP contribution is 2.77. The summed E-state index contributed by atoms with van der Waals surface area (Å²) in [5, 5.41) is 1.21. The van der Waals surface area contributed by atoms with Crippen LogP contribution in [0.25, 0.3) is 0 Å². The molecule has 0 bridgehead atoms. The van der Waals surface area contributed by atoms with Gasteiger partial charge in [0.1, 0.15) is 15.5 Å². The van der Waals surface area contributed by atoms with Crippen molar-refractivity contribution in [1.82, 2.24) is 0 Å². The third-order valence-electron chi connectivity index (χ3n) is 4.79. The van der Waals surface area contributed by atoms with E-state index in [1.807, 2.05) is 0 Å². The summed E-state index contributed by atoms with van der Waals surface area (Å²) in [6.45, 7) is 0. The average molecular weight is 385 g/mol. The zero-order valence-corrected chi connectivity index (χ0v) is 14.9. The van der Waals surface area contributed by atoms with Crippen LogP contribution in [0.5, 0.6) is 0 Å². The van der Waals surface area contributed by atoms with Gasteiger partial charge in [0.2, 0.25) is 0 Å². The van der Waals surface area contributed by atoms with E-state index in [4.69, 9.17) is 0 Å². The molecular weight excluding hydrogens is 359 g/mol. The number of alkyl halides is 1. The van der Waals surface area contributed by atoms with Gasteiger partial charge in [0.05, 0.1) is 23.4 Å². The van der Waals surface area contributed by atoms with Gasteiger partial charge >= 0.3 is 0 Å². The first kappa shape index (κ1) is 14.8. The second kappa shape index (κ2) is 7.25. The molecule has 100 valence electrons. The predicted molar refractivity (Wildman–Crippen MR) is 88.3 cm³/mol. The lowest BCUT2D eigenvalue weighted by atomic mass is 9.99. The van der Waals surface area contributed by atoms with Gasteiger partial charge in [-0.15, -0.1) is 0 Å². The lowest BCUT2D eigenvalue weighted by Gasteiger charge is -2.38. The van der Waals surface area contributed by atoms with Crippen molar-refractivity contribution >= 4 is 37.4 Å². The summed E-state index contributed by atoms with van der Waals surface area (Å²) in [5.41, 5.74) is 2.11. The van der Waals surface area contributed by atoms with Crippen molar-refractivity contribution in [3.8, 4) is 0 Å². The molecule has 0 aromatic heterocycles. The normalized spacial score (nSPS) is 25.1. The van der Waals surface area contributed by atoms with E-state index in [2.05, 4.69) is 31.4 Å². The molecule has 0 aromatic rings. The molecule has 2 aliphatic rings. The average Bonchev–Trinajstić information content (AvgIpc) is 2.41. The van der Waals surface area contributed by atoms with Gasteiger partial charge in [0.15, 0.2) is 0 Å². The van der Waals surface area contributed by atoms with Gasteiger partial charge in [-0.2, -0.15) is 0 Å². The molecule has 0 nitrogen and oxygen atoms in total. The Balaban J connectivity index is 2.05. The number of halogens is 2. The van der Waals surface area contributed by atoms with Crippen molar-refractivity contribution in [3.63, 3.8) is 0 Å². The minimum atomic E-state index is -0.855. The Labute approximate surface area is 124 Å². The van der Waals surface area contributed by atoms with Crippen molar-refractivity contribution in [2.75, 3.05) is 11.5 Å². The molecule has 3 heteroatoms. The van der Waals surface area contributed by atoms with Gasteiger partial charge in [-0.3, -0.25) is 0 Å². The first-order valence-electron chi connectivity index (χ1n) is 7.40. The van der Waals surface area contributed by atoms with E-state index in [9.17, 15) is 0 Å². The Morgan fingerprint density at radius 3 is 1.53 bits per heavy atom. The summed E-state index contributed by atoms with van der Waals surface area (Å²) in [6, 6.07) is 0. The van der Waals surface area contributed by atoms with Gasteiger partial charge in [-0.1, -0.05) is 28.8 Å². The van der Waals surface area contributed by atoms with Crippen LogP contribution in [0.3, 0.4) is 0 Å². The Hall–Kier alpha value is 1.39. The van der Waals surface area contributed by atoms with Crippen molar-refractivity contribution in [2.45, 2.75) is 75.5 Å². The molecule has 17 heavy (non-hydrogen) atoms. The fourth-order valence-corrected chi connectivity index (χ4v) is 14.0. The van der Waals surface area contributed by atoms with Gasteiger partial charge in [-0.25, -0.2) is 0 Å². The van der Waals surface area contributed by atoms with E-state index < -0.39 is 5.96 Å². The molecule has 2 fully saturated rings. The quantitative estimate of drug-likeness (QED) is 0.390. The highest BCUT2D eigenvalue weighted by atomic mass is 79.9. The van der Waals surface area contributed by atoms with Crippen LogP contribution in [0.4, 0.5) is 0 Å². The molecule has 0 N–H and O–H groups in total. The minimum absolute atomic E-state index is 0.855. The van der Waals surface area contributed by atoms with Crippen molar-refractivity contribution < 1.29 is 0 Å². The monoisotopic (exact) mass is 383 g/mol. The maximum Gasteiger partial charge on any atom is 0.139 e. The number of hydrogen-bond acceptors (Lipinski definition) is 0. The molecule has 0 unspecified atom stereocenters. The summed E-state index contributed by atoms with van der Waals surface area (Å²) in [5.74, 6) is -0.855. The molecule has 2 rings (SSSR count). The van der Waals surface area contributed by atoms with Crippen LogP contribution in [0, 0.1) is 0 Å². The summed E-state index contributed by atoms with van der Waals surface area (Å²) in [6.07, 6.45) is 16.4. The Morgan fingerprint density at radius 2 is 1.18 bits per heavy atom. The van der Waals surface area contributed by atoms with E-state index in [1.54, 1.807) is 0 Å². The molecular formula is C14H26Br2P+. The standard InChI is InChI=1S/C14H26Br2P/c15-11-12-17(16,13-7-3-1-4-8-13)14-9-5-2-6-10-14/h13-14H,1-12H2/q+1. The molecule has 0 atom stereocenters. The second-order valence-corrected chi connectivity index (χ2v) is 14.1. The van der Waals surface area contributed by atoms with Crippen LogP contribution in [0.15, 0.2) is 0 Å². The van der Waals surface area contributed by atoms with Crippen LogP contribution in [-0.4, -0.2) is 22.8 Å². The fourth-order valence-electron chi connectivity index (χ4n) is 3.81. The van der Waals surface area contributed by atoms with E-state index in [0.717, 1.165) is 11.3 Å².